The highest BCUT2D eigenvalue weighted by molar-refractivity contribution is 9.10. The Morgan fingerprint density at radius 2 is 1.63 bits per heavy atom. The van der Waals surface area contributed by atoms with Crippen LogP contribution in [0.4, 0.5) is 0 Å². The van der Waals surface area contributed by atoms with Crippen LogP contribution in [0.5, 0.6) is 11.5 Å². The van der Waals surface area contributed by atoms with Gasteiger partial charge in [-0.3, -0.25) is 0 Å². The first-order chi connectivity index (χ1) is 9.28. The van der Waals surface area contributed by atoms with Crippen LogP contribution < -0.4 is 9.47 Å². The minimum absolute atomic E-state index is 0.427. The van der Waals surface area contributed by atoms with E-state index in [9.17, 15) is 0 Å². The van der Waals surface area contributed by atoms with E-state index in [2.05, 4.69) is 22.0 Å². The summed E-state index contributed by atoms with van der Waals surface area (Å²) in [5.41, 5.74) is 0.563. The van der Waals surface area contributed by atoms with Gasteiger partial charge in [-0.25, -0.2) is 0 Å². The molecule has 0 heterocycles. The molecule has 0 amide bonds. The van der Waals surface area contributed by atoms with Crippen LogP contribution in [0, 0.1) is 11.3 Å². The van der Waals surface area contributed by atoms with Gasteiger partial charge in [-0.15, -0.1) is 0 Å². The summed E-state index contributed by atoms with van der Waals surface area (Å²) in [5, 5.41) is 8.86. The van der Waals surface area contributed by atoms with Crippen molar-refractivity contribution in [1.29, 1.82) is 5.26 Å². The van der Waals surface area contributed by atoms with Crippen LogP contribution in [0.15, 0.2) is 53.0 Å². The van der Waals surface area contributed by atoms with E-state index in [4.69, 9.17) is 14.7 Å². The minimum atomic E-state index is 0.427. The molecule has 96 valence electrons. The molecule has 0 saturated heterocycles. The van der Waals surface area contributed by atoms with Crippen molar-refractivity contribution in [3.05, 3.63) is 58.6 Å². The summed E-state index contributed by atoms with van der Waals surface area (Å²) in [5.74, 6) is 1.47. The smallest absolute Gasteiger partial charge is 0.122 e. The standard InChI is InChI=1S/C15H12BrNO2/c16-13-8-12(11-17)9-15(10-13)19-7-6-18-14-4-2-1-3-5-14/h1-5,8-10H,6-7H2. The predicted molar refractivity (Wildman–Crippen MR) is 76.3 cm³/mol. The molecule has 0 aliphatic carbocycles. The molecule has 2 rings (SSSR count). The van der Waals surface area contributed by atoms with Crippen molar-refractivity contribution in [3.63, 3.8) is 0 Å². The molecule has 0 radical (unpaired) electrons. The number of hydrogen-bond acceptors (Lipinski definition) is 3. The van der Waals surface area contributed by atoms with Crippen LogP contribution in [0.3, 0.4) is 0 Å². The van der Waals surface area contributed by atoms with E-state index in [1.165, 1.54) is 0 Å². The molecule has 0 bridgehead atoms. The van der Waals surface area contributed by atoms with Crippen LogP contribution in [-0.2, 0) is 0 Å². The summed E-state index contributed by atoms with van der Waals surface area (Å²) < 4.78 is 11.9. The second-order valence-corrected chi connectivity index (χ2v) is 4.71. The Labute approximate surface area is 120 Å². The highest BCUT2D eigenvalue weighted by Crippen LogP contribution is 2.21. The van der Waals surface area contributed by atoms with Gasteiger partial charge in [-0.2, -0.15) is 5.26 Å². The third-order valence-corrected chi connectivity index (χ3v) is 2.82. The summed E-state index contributed by atoms with van der Waals surface area (Å²) in [7, 11) is 0. The van der Waals surface area contributed by atoms with E-state index >= 15 is 0 Å². The van der Waals surface area contributed by atoms with Crippen molar-refractivity contribution >= 4 is 15.9 Å². The quantitative estimate of drug-likeness (QED) is 0.788. The molecule has 0 aromatic heterocycles. The van der Waals surface area contributed by atoms with Crippen LogP contribution >= 0.6 is 15.9 Å². The maximum absolute atomic E-state index is 8.86. The van der Waals surface area contributed by atoms with Crippen LogP contribution in [0.25, 0.3) is 0 Å². The first-order valence-electron chi connectivity index (χ1n) is 5.79. The Kier molecular flexibility index (Phi) is 4.82. The molecule has 2 aromatic rings. The van der Waals surface area contributed by atoms with Gasteiger partial charge in [0.15, 0.2) is 0 Å². The van der Waals surface area contributed by atoms with Crippen molar-refractivity contribution in [2.75, 3.05) is 13.2 Å². The van der Waals surface area contributed by atoms with Gasteiger partial charge in [0.25, 0.3) is 0 Å². The topological polar surface area (TPSA) is 42.2 Å². The lowest BCUT2D eigenvalue weighted by Gasteiger charge is -2.08. The monoisotopic (exact) mass is 317 g/mol. The third kappa shape index (κ3) is 4.31. The molecule has 0 aliphatic rings. The van der Waals surface area contributed by atoms with Gasteiger partial charge in [0.05, 0.1) is 11.6 Å². The van der Waals surface area contributed by atoms with Crippen LogP contribution in [-0.4, -0.2) is 13.2 Å². The Balaban J connectivity index is 1.83. The first-order valence-corrected chi connectivity index (χ1v) is 6.58. The first kappa shape index (κ1) is 13.4. The number of hydrogen-bond donors (Lipinski definition) is 0. The molecule has 0 atom stereocenters. The minimum Gasteiger partial charge on any atom is -0.490 e. The molecule has 0 unspecified atom stereocenters. The molecular formula is C15H12BrNO2. The molecule has 3 nitrogen and oxygen atoms in total. The average molecular weight is 318 g/mol. The molecule has 0 fully saturated rings. The number of nitrogens with zero attached hydrogens (tertiary/aromatic N) is 1. The Morgan fingerprint density at radius 3 is 2.32 bits per heavy atom. The maximum Gasteiger partial charge on any atom is 0.122 e. The zero-order valence-electron chi connectivity index (χ0n) is 10.2. The van der Waals surface area contributed by atoms with E-state index in [-0.39, 0.29) is 0 Å². The molecule has 2 aromatic carbocycles. The summed E-state index contributed by atoms with van der Waals surface area (Å²) in [6.45, 7) is 0.884. The molecule has 19 heavy (non-hydrogen) atoms. The number of para-hydroxylation sites is 1. The largest absolute Gasteiger partial charge is 0.490 e. The lowest BCUT2D eigenvalue weighted by molar-refractivity contribution is 0.217. The number of rotatable bonds is 5. The second kappa shape index (κ2) is 6.81. The highest BCUT2D eigenvalue weighted by Gasteiger charge is 2.00. The molecule has 0 N–H and O–H groups in total. The zero-order valence-corrected chi connectivity index (χ0v) is 11.8. The van der Waals surface area contributed by atoms with E-state index in [1.54, 1.807) is 12.1 Å². The number of halogens is 1. The fraction of sp³-hybridized carbons (Fsp3) is 0.133. The van der Waals surface area contributed by atoms with Gasteiger partial charge in [0, 0.05) is 4.47 Å². The summed E-state index contributed by atoms with van der Waals surface area (Å²) in [6, 6.07) is 16.9. The molecule has 0 spiro atoms. The SMILES string of the molecule is N#Cc1cc(Br)cc(OCCOc2ccccc2)c1. The van der Waals surface area contributed by atoms with Crippen LogP contribution in [0.2, 0.25) is 0 Å². The summed E-state index contributed by atoms with van der Waals surface area (Å²) in [4.78, 5) is 0. The van der Waals surface area contributed by atoms with Gasteiger partial charge in [-0.05, 0) is 30.3 Å². The lowest BCUT2D eigenvalue weighted by Crippen LogP contribution is -2.09. The van der Waals surface area contributed by atoms with Gasteiger partial charge in [0.2, 0.25) is 0 Å². The Morgan fingerprint density at radius 1 is 0.947 bits per heavy atom. The summed E-state index contributed by atoms with van der Waals surface area (Å²) >= 11 is 3.34. The number of ether oxygens (including phenoxy) is 2. The van der Waals surface area contributed by atoms with Crippen molar-refractivity contribution in [1.82, 2.24) is 0 Å². The van der Waals surface area contributed by atoms with E-state index in [0.717, 1.165) is 10.2 Å². The van der Waals surface area contributed by atoms with E-state index in [1.807, 2.05) is 36.4 Å². The highest BCUT2D eigenvalue weighted by atomic mass is 79.9. The lowest BCUT2D eigenvalue weighted by atomic mass is 10.2. The molecular weight excluding hydrogens is 306 g/mol. The van der Waals surface area contributed by atoms with Gasteiger partial charge >= 0.3 is 0 Å². The summed E-state index contributed by atoms with van der Waals surface area (Å²) in [6.07, 6.45) is 0. The Hall–Kier alpha value is -1.99. The second-order valence-electron chi connectivity index (χ2n) is 3.80. The fourth-order valence-corrected chi connectivity index (χ4v) is 2.02. The normalized spacial score (nSPS) is 9.68. The predicted octanol–water partition coefficient (Wildman–Crippen LogP) is 3.78. The molecule has 4 heteroatoms. The number of nitriles is 1. The van der Waals surface area contributed by atoms with Crippen LogP contribution in [0.1, 0.15) is 5.56 Å². The molecule has 0 saturated carbocycles. The van der Waals surface area contributed by atoms with E-state index in [0.29, 0.717) is 24.5 Å². The van der Waals surface area contributed by atoms with Gasteiger partial charge < -0.3 is 9.47 Å². The third-order valence-electron chi connectivity index (χ3n) is 2.36. The molecule has 0 aliphatic heterocycles. The van der Waals surface area contributed by atoms with Crippen molar-refractivity contribution in [2.45, 2.75) is 0 Å². The van der Waals surface area contributed by atoms with Crippen molar-refractivity contribution in [3.8, 4) is 17.6 Å². The average Bonchev–Trinajstić information content (AvgIpc) is 2.44. The maximum atomic E-state index is 8.86. The van der Waals surface area contributed by atoms with Crippen molar-refractivity contribution < 1.29 is 9.47 Å². The zero-order chi connectivity index (χ0) is 13.5. The number of benzene rings is 2. The van der Waals surface area contributed by atoms with Crippen molar-refractivity contribution in [2.24, 2.45) is 0 Å². The van der Waals surface area contributed by atoms with Gasteiger partial charge in [-0.1, -0.05) is 34.1 Å². The van der Waals surface area contributed by atoms with Gasteiger partial charge in [0.1, 0.15) is 24.7 Å². The fourth-order valence-electron chi connectivity index (χ4n) is 1.55. The van der Waals surface area contributed by atoms with E-state index < -0.39 is 0 Å². The Bertz CT molecular complexity index is 578.